The summed E-state index contributed by atoms with van der Waals surface area (Å²) in [4.78, 5) is 4.14. The van der Waals surface area contributed by atoms with Gasteiger partial charge in [0.25, 0.3) is 0 Å². The van der Waals surface area contributed by atoms with Crippen LogP contribution in [-0.4, -0.2) is 16.0 Å². The largest absolute Gasteiger partial charge is 0.416 e. The fourth-order valence-corrected chi connectivity index (χ4v) is 3.12. The SMILES string of the molecule is Cc1c(-c2cc(C(F)(F)F)cc3c2C=NC3)cnn1-c1ccccc1. The average molecular weight is 341 g/mol. The van der Waals surface area contributed by atoms with E-state index in [-0.39, 0.29) is 6.54 Å². The lowest BCUT2D eigenvalue weighted by Gasteiger charge is -2.13. The molecule has 0 saturated heterocycles. The van der Waals surface area contributed by atoms with E-state index in [1.54, 1.807) is 17.1 Å². The number of aliphatic imine (C=N–C) groups is 1. The maximum absolute atomic E-state index is 13.3. The van der Waals surface area contributed by atoms with E-state index >= 15 is 0 Å². The summed E-state index contributed by atoms with van der Waals surface area (Å²) in [5.74, 6) is 0. The van der Waals surface area contributed by atoms with Gasteiger partial charge >= 0.3 is 6.18 Å². The number of fused-ring (bicyclic) bond motifs is 1. The van der Waals surface area contributed by atoms with Crippen molar-refractivity contribution in [1.29, 1.82) is 0 Å². The van der Waals surface area contributed by atoms with Crippen LogP contribution in [0.4, 0.5) is 13.2 Å². The Morgan fingerprint density at radius 2 is 1.80 bits per heavy atom. The van der Waals surface area contributed by atoms with Crippen LogP contribution in [0.2, 0.25) is 0 Å². The fourth-order valence-electron chi connectivity index (χ4n) is 3.12. The van der Waals surface area contributed by atoms with E-state index in [0.29, 0.717) is 16.7 Å². The number of halogens is 3. The number of alkyl halides is 3. The van der Waals surface area contributed by atoms with Crippen molar-refractivity contribution in [2.24, 2.45) is 4.99 Å². The lowest BCUT2D eigenvalue weighted by molar-refractivity contribution is -0.137. The van der Waals surface area contributed by atoms with E-state index in [4.69, 9.17) is 0 Å². The Morgan fingerprint density at radius 1 is 1.04 bits per heavy atom. The highest BCUT2D eigenvalue weighted by Crippen LogP contribution is 2.38. The molecule has 1 aliphatic heterocycles. The molecule has 6 heteroatoms. The van der Waals surface area contributed by atoms with Crippen molar-refractivity contribution in [2.45, 2.75) is 19.6 Å². The van der Waals surface area contributed by atoms with Crippen LogP contribution in [0, 0.1) is 6.92 Å². The second kappa shape index (κ2) is 5.58. The Bertz CT molecular complexity index is 970. The molecule has 126 valence electrons. The molecule has 0 N–H and O–H groups in total. The van der Waals surface area contributed by atoms with Gasteiger partial charge in [-0.05, 0) is 42.3 Å². The fraction of sp³-hybridized carbons (Fsp3) is 0.158. The smallest absolute Gasteiger partial charge is 0.288 e. The van der Waals surface area contributed by atoms with Crippen molar-refractivity contribution in [2.75, 3.05) is 0 Å². The first kappa shape index (κ1) is 15.6. The summed E-state index contributed by atoms with van der Waals surface area (Å²) < 4.78 is 41.5. The van der Waals surface area contributed by atoms with E-state index in [1.165, 1.54) is 12.1 Å². The van der Waals surface area contributed by atoms with Gasteiger partial charge in [0.05, 0.1) is 24.0 Å². The van der Waals surface area contributed by atoms with Crippen LogP contribution in [0.25, 0.3) is 16.8 Å². The Hall–Kier alpha value is -2.89. The second-order valence-corrected chi connectivity index (χ2v) is 5.96. The third-order valence-electron chi connectivity index (χ3n) is 4.38. The molecule has 4 rings (SSSR count). The zero-order chi connectivity index (χ0) is 17.6. The molecule has 0 amide bonds. The molecule has 0 saturated carbocycles. The highest BCUT2D eigenvalue weighted by atomic mass is 19.4. The molecule has 1 aromatic heterocycles. The summed E-state index contributed by atoms with van der Waals surface area (Å²) >= 11 is 0. The zero-order valence-electron chi connectivity index (χ0n) is 13.4. The van der Waals surface area contributed by atoms with Crippen LogP contribution < -0.4 is 0 Å². The molecule has 25 heavy (non-hydrogen) atoms. The maximum atomic E-state index is 13.3. The summed E-state index contributed by atoms with van der Waals surface area (Å²) in [7, 11) is 0. The van der Waals surface area contributed by atoms with Crippen molar-refractivity contribution < 1.29 is 13.2 Å². The van der Waals surface area contributed by atoms with Gasteiger partial charge in [0.2, 0.25) is 0 Å². The molecular formula is C19H14F3N3. The summed E-state index contributed by atoms with van der Waals surface area (Å²) in [5, 5.41) is 4.37. The first-order valence-electron chi connectivity index (χ1n) is 7.79. The Balaban J connectivity index is 1.90. The van der Waals surface area contributed by atoms with Crippen molar-refractivity contribution in [3.05, 3.63) is 71.0 Å². The zero-order valence-corrected chi connectivity index (χ0v) is 13.4. The average Bonchev–Trinajstić information content (AvgIpc) is 3.20. The van der Waals surface area contributed by atoms with Gasteiger partial charge < -0.3 is 0 Å². The molecule has 1 aliphatic rings. The van der Waals surface area contributed by atoms with Gasteiger partial charge in [0, 0.05) is 23.0 Å². The lowest BCUT2D eigenvalue weighted by atomic mass is 9.94. The lowest BCUT2D eigenvalue weighted by Crippen LogP contribution is -2.07. The van der Waals surface area contributed by atoms with Gasteiger partial charge in [0.1, 0.15) is 0 Å². The molecule has 0 atom stereocenters. The van der Waals surface area contributed by atoms with E-state index in [1.807, 2.05) is 37.3 Å². The number of rotatable bonds is 2. The highest BCUT2D eigenvalue weighted by Gasteiger charge is 2.33. The molecule has 0 radical (unpaired) electrons. The number of hydrogen-bond acceptors (Lipinski definition) is 2. The monoisotopic (exact) mass is 341 g/mol. The van der Waals surface area contributed by atoms with Gasteiger partial charge in [0.15, 0.2) is 0 Å². The third kappa shape index (κ3) is 2.63. The van der Waals surface area contributed by atoms with Crippen LogP contribution in [0.5, 0.6) is 0 Å². The number of aromatic nitrogens is 2. The first-order valence-corrected chi connectivity index (χ1v) is 7.79. The summed E-state index contributed by atoms with van der Waals surface area (Å²) in [6.07, 6.45) is -1.13. The molecule has 2 heterocycles. The van der Waals surface area contributed by atoms with Crippen LogP contribution >= 0.6 is 0 Å². The van der Waals surface area contributed by atoms with Crippen molar-refractivity contribution in [1.82, 2.24) is 9.78 Å². The van der Waals surface area contributed by atoms with Gasteiger partial charge in [-0.25, -0.2) is 4.68 Å². The predicted octanol–water partition coefficient (Wildman–Crippen LogP) is 4.80. The second-order valence-electron chi connectivity index (χ2n) is 5.96. The van der Waals surface area contributed by atoms with Gasteiger partial charge in [-0.15, -0.1) is 0 Å². The minimum absolute atomic E-state index is 0.276. The molecular weight excluding hydrogens is 327 g/mol. The Morgan fingerprint density at radius 3 is 2.52 bits per heavy atom. The standard InChI is InChI=1S/C19H14F3N3/c1-12-17(11-24-25(12)15-5-3-2-4-6-15)16-8-14(19(20,21)22)7-13-9-23-10-18(13)16/h2-8,10-11H,9H2,1H3. The number of benzene rings is 2. The van der Waals surface area contributed by atoms with Gasteiger partial charge in [-0.1, -0.05) is 18.2 Å². The van der Waals surface area contributed by atoms with Crippen LogP contribution in [0.1, 0.15) is 22.4 Å². The number of para-hydroxylation sites is 1. The molecule has 0 spiro atoms. The summed E-state index contributed by atoms with van der Waals surface area (Å²) in [6.45, 7) is 2.13. The summed E-state index contributed by atoms with van der Waals surface area (Å²) in [6, 6.07) is 11.9. The number of nitrogens with zero attached hydrogens (tertiary/aromatic N) is 3. The topological polar surface area (TPSA) is 30.2 Å². The van der Waals surface area contributed by atoms with Crippen molar-refractivity contribution >= 4 is 6.21 Å². The highest BCUT2D eigenvalue weighted by molar-refractivity contribution is 5.94. The molecule has 0 bridgehead atoms. The van der Waals surface area contributed by atoms with Crippen molar-refractivity contribution in [3.63, 3.8) is 0 Å². The van der Waals surface area contributed by atoms with Gasteiger partial charge in [-0.2, -0.15) is 18.3 Å². The van der Waals surface area contributed by atoms with Crippen molar-refractivity contribution in [3.8, 4) is 16.8 Å². The molecule has 3 nitrogen and oxygen atoms in total. The first-order chi connectivity index (χ1) is 11.9. The van der Waals surface area contributed by atoms with Crippen LogP contribution in [0.15, 0.2) is 53.7 Å². The van der Waals surface area contributed by atoms with Crippen LogP contribution in [0.3, 0.4) is 0 Å². The summed E-state index contributed by atoms with van der Waals surface area (Å²) in [5.41, 5.74) is 3.53. The normalized spacial score (nSPS) is 13.3. The molecule has 0 fully saturated rings. The third-order valence-corrected chi connectivity index (χ3v) is 4.38. The molecule has 0 unspecified atom stereocenters. The minimum Gasteiger partial charge on any atom is -0.288 e. The molecule has 3 aromatic rings. The minimum atomic E-state index is -4.39. The molecule has 0 aliphatic carbocycles. The molecule has 2 aromatic carbocycles. The Kier molecular flexibility index (Phi) is 3.49. The number of hydrogen-bond donors (Lipinski definition) is 0. The van der Waals surface area contributed by atoms with Gasteiger partial charge in [-0.3, -0.25) is 4.99 Å². The van der Waals surface area contributed by atoms with E-state index in [0.717, 1.165) is 16.9 Å². The van der Waals surface area contributed by atoms with Crippen LogP contribution in [-0.2, 0) is 12.7 Å². The quantitative estimate of drug-likeness (QED) is 0.658. The Labute approximate surface area is 142 Å². The predicted molar refractivity (Wildman–Crippen MR) is 90.0 cm³/mol. The maximum Gasteiger partial charge on any atom is 0.416 e. The van der Waals surface area contributed by atoms with E-state index in [2.05, 4.69) is 10.1 Å². The van der Waals surface area contributed by atoms with E-state index in [9.17, 15) is 13.2 Å². The van der Waals surface area contributed by atoms with E-state index < -0.39 is 11.7 Å².